The zero-order chi connectivity index (χ0) is 18.7. The molecular weight excluding hydrogens is 354 g/mol. The molecule has 0 aliphatic carbocycles. The molecule has 0 spiro atoms. The number of methoxy groups -OCH3 is 1. The van der Waals surface area contributed by atoms with Crippen LogP contribution in [0.2, 0.25) is 5.02 Å². The molecule has 2 amide bonds. The molecule has 142 valence electrons. The van der Waals surface area contributed by atoms with Crippen LogP contribution >= 0.6 is 11.6 Å². The lowest BCUT2D eigenvalue weighted by Crippen LogP contribution is -2.55. The van der Waals surface area contributed by atoms with Crippen molar-refractivity contribution >= 4 is 23.4 Å². The second kappa shape index (κ2) is 8.27. The van der Waals surface area contributed by atoms with Crippen molar-refractivity contribution in [1.29, 1.82) is 0 Å². The van der Waals surface area contributed by atoms with Crippen molar-refractivity contribution in [3.05, 3.63) is 28.8 Å². The normalized spacial score (nSPS) is 21.6. The Bertz CT molecular complexity index is 674. The molecule has 2 saturated heterocycles. The zero-order valence-corrected chi connectivity index (χ0v) is 16.1. The number of likely N-dealkylation sites (tertiary alicyclic amines) is 1. The highest BCUT2D eigenvalue weighted by atomic mass is 35.5. The fraction of sp³-hybridized carbons (Fsp3) is 0.579. The Hall–Kier alpha value is -1.79. The number of carbonyl (C=O) groups is 2. The number of nitrogens with zero attached hydrogens (tertiary/aromatic N) is 2. The van der Waals surface area contributed by atoms with Crippen LogP contribution in [0.15, 0.2) is 18.2 Å². The van der Waals surface area contributed by atoms with Gasteiger partial charge in [0.25, 0.3) is 5.91 Å². The molecule has 2 aliphatic rings. The van der Waals surface area contributed by atoms with Crippen molar-refractivity contribution in [3.8, 4) is 5.75 Å². The van der Waals surface area contributed by atoms with Crippen molar-refractivity contribution in [2.24, 2.45) is 5.92 Å². The van der Waals surface area contributed by atoms with Gasteiger partial charge >= 0.3 is 0 Å². The van der Waals surface area contributed by atoms with E-state index in [1.807, 2.05) is 4.90 Å². The molecule has 6 nitrogen and oxygen atoms in total. The number of rotatable bonds is 3. The first-order chi connectivity index (χ1) is 12.5. The lowest BCUT2D eigenvalue weighted by Gasteiger charge is -2.39. The summed E-state index contributed by atoms with van der Waals surface area (Å²) in [6, 6.07) is 5.28. The van der Waals surface area contributed by atoms with Crippen LogP contribution in [-0.2, 0) is 4.79 Å². The van der Waals surface area contributed by atoms with Gasteiger partial charge in [0.1, 0.15) is 5.75 Å². The van der Waals surface area contributed by atoms with Crippen molar-refractivity contribution < 1.29 is 14.3 Å². The van der Waals surface area contributed by atoms with E-state index in [0.717, 1.165) is 19.6 Å². The zero-order valence-electron chi connectivity index (χ0n) is 15.3. The summed E-state index contributed by atoms with van der Waals surface area (Å²) < 4.78 is 5.29. The Morgan fingerprint density at radius 1 is 1.23 bits per heavy atom. The highest BCUT2D eigenvalue weighted by Crippen LogP contribution is 2.27. The highest BCUT2D eigenvalue weighted by Gasteiger charge is 2.33. The number of piperazine rings is 1. The Morgan fingerprint density at radius 2 is 1.96 bits per heavy atom. The van der Waals surface area contributed by atoms with Gasteiger partial charge in [-0.1, -0.05) is 11.6 Å². The van der Waals surface area contributed by atoms with E-state index in [2.05, 4.69) is 12.2 Å². The molecule has 0 bridgehead atoms. The molecule has 1 aromatic rings. The Balaban J connectivity index is 1.62. The van der Waals surface area contributed by atoms with Gasteiger partial charge in [0.15, 0.2) is 0 Å². The summed E-state index contributed by atoms with van der Waals surface area (Å²) in [6.07, 6.45) is 1.40. The molecule has 1 aromatic carbocycles. The second-order valence-electron chi connectivity index (χ2n) is 7.00. The topological polar surface area (TPSA) is 61.9 Å². The van der Waals surface area contributed by atoms with Gasteiger partial charge in [-0.2, -0.15) is 0 Å². The molecule has 7 heteroatoms. The van der Waals surface area contributed by atoms with Crippen LogP contribution in [0.1, 0.15) is 30.1 Å². The van der Waals surface area contributed by atoms with Crippen LogP contribution in [0.25, 0.3) is 0 Å². The third-order valence-corrected chi connectivity index (χ3v) is 5.54. The predicted octanol–water partition coefficient (Wildman–Crippen LogP) is 2.02. The number of benzene rings is 1. The average molecular weight is 380 g/mol. The van der Waals surface area contributed by atoms with E-state index in [9.17, 15) is 9.59 Å². The molecular formula is C19H26ClN3O3. The molecule has 1 N–H and O–H groups in total. The number of hydrogen-bond donors (Lipinski definition) is 1. The van der Waals surface area contributed by atoms with E-state index in [-0.39, 0.29) is 23.8 Å². The number of carbonyl (C=O) groups excluding carboxylic acids is 2. The third kappa shape index (κ3) is 3.96. The molecule has 0 radical (unpaired) electrons. The number of nitrogens with one attached hydrogen (secondary N) is 1. The summed E-state index contributed by atoms with van der Waals surface area (Å²) in [4.78, 5) is 29.4. The van der Waals surface area contributed by atoms with Gasteiger partial charge in [-0.3, -0.25) is 9.59 Å². The Kier molecular flexibility index (Phi) is 6.04. The molecule has 0 unspecified atom stereocenters. The first-order valence-corrected chi connectivity index (χ1v) is 9.53. The summed E-state index contributed by atoms with van der Waals surface area (Å²) in [5.74, 6) is 0.658. The van der Waals surface area contributed by atoms with Gasteiger partial charge in [-0.05, 0) is 38.0 Å². The van der Waals surface area contributed by atoms with Gasteiger partial charge < -0.3 is 19.9 Å². The van der Waals surface area contributed by atoms with Crippen LogP contribution < -0.4 is 10.1 Å². The number of halogens is 1. The summed E-state index contributed by atoms with van der Waals surface area (Å²) in [6.45, 7) is 5.68. The van der Waals surface area contributed by atoms with E-state index in [0.29, 0.717) is 42.3 Å². The second-order valence-corrected chi connectivity index (χ2v) is 7.43. The van der Waals surface area contributed by atoms with Crippen molar-refractivity contribution in [1.82, 2.24) is 15.1 Å². The van der Waals surface area contributed by atoms with Crippen LogP contribution in [0.3, 0.4) is 0 Å². The molecule has 1 atom stereocenters. The minimum Gasteiger partial charge on any atom is -0.496 e. The van der Waals surface area contributed by atoms with E-state index in [1.54, 1.807) is 30.2 Å². The fourth-order valence-electron chi connectivity index (χ4n) is 3.75. The third-order valence-electron chi connectivity index (χ3n) is 5.31. The summed E-state index contributed by atoms with van der Waals surface area (Å²) in [5.41, 5.74) is 0.473. The van der Waals surface area contributed by atoms with Crippen LogP contribution in [0.4, 0.5) is 0 Å². The monoisotopic (exact) mass is 379 g/mol. The SMILES string of the molecule is COc1ccc(Cl)cc1C(=O)N1CCC(C(=O)N2CCNC[C@H]2C)CC1. The lowest BCUT2D eigenvalue weighted by atomic mass is 9.94. The molecule has 3 rings (SSSR count). The van der Waals surface area contributed by atoms with E-state index >= 15 is 0 Å². The average Bonchev–Trinajstić information content (AvgIpc) is 2.67. The van der Waals surface area contributed by atoms with Crippen LogP contribution in [-0.4, -0.2) is 67.5 Å². The number of hydrogen-bond acceptors (Lipinski definition) is 4. The molecule has 2 fully saturated rings. The highest BCUT2D eigenvalue weighted by molar-refractivity contribution is 6.31. The first-order valence-electron chi connectivity index (χ1n) is 9.15. The smallest absolute Gasteiger partial charge is 0.257 e. The largest absolute Gasteiger partial charge is 0.496 e. The summed E-state index contributed by atoms with van der Waals surface area (Å²) in [5, 5.41) is 3.81. The maximum Gasteiger partial charge on any atom is 0.257 e. The van der Waals surface area contributed by atoms with Crippen molar-refractivity contribution in [2.45, 2.75) is 25.8 Å². The Labute approximate surface area is 159 Å². The number of piperidine rings is 1. The Morgan fingerprint density at radius 3 is 2.62 bits per heavy atom. The standard InChI is InChI=1S/C19H26ClN3O3/c1-13-12-21-7-10-23(13)18(24)14-5-8-22(9-6-14)19(25)16-11-15(20)3-4-17(16)26-2/h3-4,11,13-14,21H,5-10,12H2,1-2H3/t13-/m1/s1. The van der Waals surface area contributed by atoms with Crippen molar-refractivity contribution in [2.75, 3.05) is 39.8 Å². The predicted molar refractivity (Wildman–Crippen MR) is 101 cm³/mol. The van der Waals surface area contributed by atoms with Crippen molar-refractivity contribution in [3.63, 3.8) is 0 Å². The van der Waals surface area contributed by atoms with Gasteiger partial charge in [0.05, 0.1) is 12.7 Å². The molecule has 2 heterocycles. The van der Waals surface area contributed by atoms with Gasteiger partial charge in [0, 0.05) is 49.7 Å². The molecule has 0 aromatic heterocycles. The maximum atomic E-state index is 12.8. The van der Waals surface area contributed by atoms with Crippen LogP contribution in [0, 0.1) is 5.92 Å². The minimum absolute atomic E-state index is 0.000793. The van der Waals surface area contributed by atoms with Gasteiger partial charge in [0.2, 0.25) is 5.91 Å². The minimum atomic E-state index is -0.0919. The quantitative estimate of drug-likeness (QED) is 0.872. The summed E-state index contributed by atoms with van der Waals surface area (Å²) >= 11 is 6.04. The van der Waals surface area contributed by atoms with E-state index in [1.165, 1.54) is 0 Å². The molecule has 26 heavy (non-hydrogen) atoms. The first kappa shape index (κ1) is 19.0. The maximum absolute atomic E-state index is 12.8. The van der Waals surface area contributed by atoms with Crippen LogP contribution in [0.5, 0.6) is 5.75 Å². The lowest BCUT2D eigenvalue weighted by molar-refractivity contribution is -0.139. The van der Waals surface area contributed by atoms with Gasteiger partial charge in [-0.15, -0.1) is 0 Å². The van der Waals surface area contributed by atoms with E-state index in [4.69, 9.17) is 16.3 Å². The number of amides is 2. The number of ether oxygens (including phenoxy) is 1. The molecule has 0 saturated carbocycles. The van der Waals surface area contributed by atoms with E-state index < -0.39 is 0 Å². The molecule has 2 aliphatic heterocycles. The van der Waals surface area contributed by atoms with Gasteiger partial charge in [-0.25, -0.2) is 0 Å². The summed E-state index contributed by atoms with van der Waals surface area (Å²) in [7, 11) is 1.54. The fourth-order valence-corrected chi connectivity index (χ4v) is 3.92.